The van der Waals surface area contributed by atoms with E-state index in [1.165, 1.54) is 0 Å². The van der Waals surface area contributed by atoms with Crippen LogP contribution in [0.3, 0.4) is 0 Å². The van der Waals surface area contributed by atoms with E-state index in [9.17, 15) is 4.79 Å². The van der Waals surface area contributed by atoms with Crippen LogP contribution in [0.5, 0.6) is 11.6 Å². The van der Waals surface area contributed by atoms with Gasteiger partial charge < -0.3 is 19.7 Å². The number of hydrogen-bond donors (Lipinski definition) is 1. The minimum atomic E-state index is 0.0194. The largest absolute Gasteiger partial charge is 0.495 e. The van der Waals surface area contributed by atoms with Crippen LogP contribution >= 0.6 is 11.6 Å². The Bertz CT molecular complexity index is 916. The minimum Gasteiger partial charge on any atom is -0.495 e. The van der Waals surface area contributed by atoms with Gasteiger partial charge in [0.15, 0.2) is 0 Å². The second-order valence-electron chi connectivity index (χ2n) is 7.88. The number of nitrogens with one attached hydrogen (secondary N) is 1. The van der Waals surface area contributed by atoms with Crippen molar-refractivity contribution in [3.63, 3.8) is 0 Å². The standard InChI is InChI=1S/C23H29ClN4O3/c1-30-19-6-4-5-18(22(19)24)28-14-12-27(13-15-28)11-2-3-16-31-21-10-8-17-7-9-20(29)25-23(17)26-21/h4-6,8,10H,2-3,7,9,11-16H2,1H3,(H,25,26,29). The van der Waals surface area contributed by atoms with Crippen molar-refractivity contribution < 1.29 is 14.3 Å². The maximum absolute atomic E-state index is 11.5. The summed E-state index contributed by atoms with van der Waals surface area (Å²) in [5.41, 5.74) is 2.11. The zero-order valence-corrected chi connectivity index (χ0v) is 18.7. The van der Waals surface area contributed by atoms with Gasteiger partial charge in [0.1, 0.15) is 16.6 Å². The Hall–Kier alpha value is -2.51. The number of pyridine rings is 1. The summed E-state index contributed by atoms with van der Waals surface area (Å²) in [6.45, 7) is 5.61. The normalized spacial score (nSPS) is 16.6. The lowest BCUT2D eigenvalue weighted by Gasteiger charge is -2.36. The number of methoxy groups -OCH3 is 1. The predicted octanol–water partition coefficient (Wildman–Crippen LogP) is 3.61. The molecule has 166 valence electrons. The van der Waals surface area contributed by atoms with Crippen molar-refractivity contribution in [1.29, 1.82) is 0 Å². The van der Waals surface area contributed by atoms with E-state index in [1.807, 2.05) is 24.3 Å². The van der Waals surface area contributed by atoms with Crippen molar-refractivity contribution in [2.75, 3.05) is 56.7 Å². The molecule has 0 saturated carbocycles. The van der Waals surface area contributed by atoms with Crippen molar-refractivity contribution in [3.8, 4) is 11.6 Å². The maximum Gasteiger partial charge on any atom is 0.225 e. The van der Waals surface area contributed by atoms with Crippen LogP contribution in [0.4, 0.5) is 11.5 Å². The Balaban J connectivity index is 1.16. The number of unbranched alkanes of at least 4 members (excludes halogenated alkanes) is 1. The number of halogens is 1. The number of carbonyl (C=O) groups is 1. The highest BCUT2D eigenvalue weighted by Crippen LogP contribution is 2.34. The van der Waals surface area contributed by atoms with Crippen molar-refractivity contribution in [2.24, 2.45) is 0 Å². The van der Waals surface area contributed by atoms with Crippen LogP contribution in [0.25, 0.3) is 0 Å². The molecule has 0 atom stereocenters. The quantitative estimate of drug-likeness (QED) is 0.627. The molecule has 1 N–H and O–H groups in total. The molecule has 7 nitrogen and oxygen atoms in total. The number of anilines is 2. The van der Waals surface area contributed by atoms with Crippen LogP contribution in [0.2, 0.25) is 5.02 Å². The molecule has 0 unspecified atom stereocenters. The van der Waals surface area contributed by atoms with Gasteiger partial charge in [0.2, 0.25) is 11.8 Å². The Morgan fingerprint density at radius 3 is 2.74 bits per heavy atom. The lowest BCUT2D eigenvalue weighted by atomic mass is 10.1. The number of carbonyl (C=O) groups excluding carboxylic acids is 1. The molecule has 3 heterocycles. The van der Waals surface area contributed by atoms with Crippen molar-refractivity contribution in [3.05, 3.63) is 40.9 Å². The first-order chi connectivity index (χ1) is 15.1. The van der Waals surface area contributed by atoms with E-state index >= 15 is 0 Å². The molecule has 31 heavy (non-hydrogen) atoms. The van der Waals surface area contributed by atoms with Gasteiger partial charge in [-0.05, 0) is 49.6 Å². The first kappa shape index (κ1) is 21.7. The fourth-order valence-electron chi connectivity index (χ4n) is 4.03. The van der Waals surface area contributed by atoms with E-state index in [0.717, 1.165) is 69.0 Å². The van der Waals surface area contributed by atoms with Crippen LogP contribution in [0.15, 0.2) is 30.3 Å². The van der Waals surface area contributed by atoms with E-state index in [2.05, 4.69) is 26.2 Å². The number of rotatable bonds is 8. The van der Waals surface area contributed by atoms with Gasteiger partial charge in [-0.1, -0.05) is 17.7 Å². The Morgan fingerprint density at radius 1 is 1.10 bits per heavy atom. The third-order valence-electron chi connectivity index (χ3n) is 5.83. The molecule has 0 radical (unpaired) electrons. The maximum atomic E-state index is 11.5. The summed E-state index contributed by atoms with van der Waals surface area (Å²) in [5, 5.41) is 3.50. The molecule has 1 fully saturated rings. The second-order valence-corrected chi connectivity index (χ2v) is 8.26. The molecule has 0 bridgehead atoms. The zero-order chi connectivity index (χ0) is 21.6. The van der Waals surface area contributed by atoms with E-state index in [1.54, 1.807) is 7.11 Å². The van der Waals surface area contributed by atoms with Gasteiger partial charge in [0.05, 0.1) is 19.4 Å². The first-order valence-electron chi connectivity index (χ1n) is 10.9. The fourth-order valence-corrected chi connectivity index (χ4v) is 4.35. The predicted molar refractivity (Wildman–Crippen MR) is 123 cm³/mol. The second kappa shape index (κ2) is 10.2. The number of amides is 1. The molecular weight excluding hydrogens is 416 g/mol. The SMILES string of the molecule is COc1cccc(N2CCN(CCCCOc3ccc4c(n3)NC(=O)CC4)CC2)c1Cl. The summed E-state index contributed by atoms with van der Waals surface area (Å²) in [6, 6.07) is 9.81. The summed E-state index contributed by atoms with van der Waals surface area (Å²) in [4.78, 5) is 20.7. The van der Waals surface area contributed by atoms with Gasteiger partial charge >= 0.3 is 0 Å². The molecule has 2 aliphatic rings. The number of aryl methyl sites for hydroxylation is 1. The third-order valence-corrected chi connectivity index (χ3v) is 6.21. The molecule has 2 aliphatic heterocycles. The number of piperazine rings is 1. The average molecular weight is 445 g/mol. The number of ether oxygens (including phenoxy) is 2. The minimum absolute atomic E-state index is 0.0194. The van der Waals surface area contributed by atoms with Gasteiger partial charge in [-0.3, -0.25) is 9.69 Å². The van der Waals surface area contributed by atoms with Gasteiger partial charge in [-0.25, -0.2) is 0 Å². The van der Waals surface area contributed by atoms with Crippen LogP contribution < -0.4 is 19.7 Å². The molecular formula is C23H29ClN4O3. The lowest BCUT2D eigenvalue weighted by Crippen LogP contribution is -2.46. The van der Waals surface area contributed by atoms with Gasteiger partial charge in [0.25, 0.3) is 0 Å². The van der Waals surface area contributed by atoms with Gasteiger partial charge in [-0.15, -0.1) is 0 Å². The molecule has 4 rings (SSSR count). The molecule has 1 amide bonds. The Morgan fingerprint density at radius 2 is 1.94 bits per heavy atom. The summed E-state index contributed by atoms with van der Waals surface area (Å²) >= 11 is 6.47. The van der Waals surface area contributed by atoms with Crippen molar-refractivity contribution in [2.45, 2.75) is 25.7 Å². The number of aromatic nitrogens is 1. The highest BCUT2D eigenvalue weighted by atomic mass is 35.5. The Labute approximate surface area is 188 Å². The molecule has 8 heteroatoms. The number of nitrogens with zero attached hydrogens (tertiary/aromatic N) is 3. The summed E-state index contributed by atoms with van der Waals surface area (Å²) < 4.78 is 11.1. The average Bonchev–Trinajstić information content (AvgIpc) is 2.79. The number of fused-ring (bicyclic) bond motifs is 1. The number of benzene rings is 1. The van der Waals surface area contributed by atoms with E-state index in [4.69, 9.17) is 21.1 Å². The highest BCUT2D eigenvalue weighted by molar-refractivity contribution is 6.34. The zero-order valence-electron chi connectivity index (χ0n) is 17.9. The molecule has 1 aromatic heterocycles. The summed E-state index contributed by atoms with van der Waals surface area (Å²) in [5.74, 6) is 1.95. The van der Waals surface area contributed by atoms with Crippen molar-refractivity contribution in [1.82, 2.24) is 9.88 Å². The third kappa shape index (κ3) is 5.40. The lowest BCUT2D eigenvalue weighted by molar-refractivity contribution is -0.116. The van der Waals surface area contributed by atoms with Gasteiger partial charge in [0, 0.05) is 38.7 Å². The monoisotopic (exact) mass is 444 g/mol. The molecule has 2 aromatic rings. The van der Waals surface area contributed by atoms with E-state index < -0.39 is 0 Å². The Kier molecular flexibility index (Phi) is 7.14. The van der Waals surface area contributed by atoms with Crippen LogP contribution in [0.1, 0.15) is 24.8 Å². The summed E-state index contributed by atoms with van der Waals surface area (Å²) in [6.07, 6.45) is 3.30. The molecule has 0 spiro atoms. The van der Waals surface area contributed by atoms with Crippen LogP contribution in [0, 0.1) is 0 Å². The molecule has 1 aromatic carbocycles. The van der Waals surface area contributed by atoms with Crippen molar-refractivity contribution >= 4 is 29.0 Å². The smallest absolute Gasteiger partial charge is 0.225 e. The number of hydrogen-bond acceptors (Lipinski definition) is 6. The van der Waals surface area contributed by atoms with Crippen LogP contribution in [-0.4, -0.2) is 62.2 Å². The summed E-state index contributed by atoms with van der Waals surface area (Å²) in [7, 11) is 1.64. The molecule has 0 aliphatic carbocycles. The topological polar surface area (TPSA) is 66.9 Å². The molecule has 1 saturated heterocycles. The fraction of sp³-hybridized carbons (Fsp3) is 0.478. The van der Waals surface area contributed by atoms with E-state index in [-0.39, 0.29) is 5.91 Å². The van der Waals surface area contributed by atoms with E-state index in [0.29, 0.717) is 29.7 Å². The first-order valence-corrected chi connectivity index (χ1v) is 11.2. The highest BCUT2D eigenvalue weighted by Gasteiger charge is 2.20. The van der Waals surface area contributed by atoms with Gasteiger partial charge in [-0.2, -0.15) is 4.98 Å². The van der Waals surface area contributed by atoms with Crippen LogP contribution in [-0.2, 0) is 11.2 Å².